The van der Waals surface area contributed by atoms with E-state index in [0.29, 0.717) is 6.42 Å². The number of rotatable bonds is 4. The van der Waals surface area contributed by atoms with Crippen LogP contribution in [0, 0.1) is 0 Å². The van der Waals surface area contributed by atoms with Gasteiger partial charge in [-0.2, -0.15) is 0 Å². The average molecular weight is 344 g/mol. The zero-order chi connectivity index (χ0) is 13.8. The van der Waals surface area contributed by atoms with Crippen molar-refractivity contribution < 1.29 is 9.50 Å². The number of phenols is 1. The summed E-state index contributed by atoms with van der Waals surface area (Å²) in [6, 6.07) is 3.29. The van der Waals surface area contributed by atoms with Crippen molar-refractivity contribution in [3.63, 3.8) is 0 Å². The third-order valence-electron chi connectivity index (χ3n) is 3.40. The second kappa shape index (κ2) is 8.25. The van der Waals surface area contributed by atoms with E-state index in [-0.39, 0.29) is 34.2 Å². The van der Waals surface area contributed by atoms with E-state index in [2.05, 4.69) is 10.2 Å². The van der Waals surface area contributed by atoms with Gasteiger partial charge in [-0.1, -0.05) is 23.2 Å². The third-order valence-corrected chi connectivity index (χ3v) is 3.98. The first-order valence-corrected chi connectivity index (χ1v) is 7.07. The number of hydrogen-bond acceptors (Lipinski definition) is 3. The van der Waals surface area contributed by atoms with Gasteiger partial charge in [0.2, 0.25) is 0 Å². The van der Waals surface area contributed by atoms with Gasteiger partial charge in [-0.15, -0.1) is 12.4 Å². The molecule has 0 amide bonds. The molecule has 7 heteroatoms. The first-order valence-electron chi connectivity index (χ1n) is 6.32. The van der Waals surface area contributed by atoms with E-state index >= 15 is 0 Å². The summed E-state index contributed by atoms with van der Waals surface area (Å²) in [5.74, 6) is -0.119. The number of hydrogen-bond donors (Lipinski definition) is 2. The quantitative estimate of drug-likeness (QED) is 0.879. The summed E-state index contributed by atoms with van der Waals surface area (Å²) >= 11 is 11.9. The van der Waals surface area contributed by atoms with E-state index in [1.807, 2.05) is 0 Å². The van der Waals surface area contributed by atoms with E-state index in [1.54, 1.807) is 12.1 Å². The molecule has 0 radical (unpaired) electrons. The van der Waals surface area contributed by atoms with Crippen LogP contribution in [0.1, 0.15) is 18.0 Å². The molecule has 1 heterocycles. The minimum absolute atomic E-state index is 0. The first-order chi connectivity index (χ1) is 9.13. The minimum Gasteiger partial charge on any atom is -0.505 e. The van der Waals surface area contributed by atoms with E-state index in [1.165, 1.54) is 0 Å². The van der Waals surface area contributed by atoms with Gasteiger partial charge in [0.05, 0.1) is 16.7 Å². The summed E-state index contributed by atoms with van der Waals surface area (Å²) in [5, 5.41) is 13.3. The lowest BCUT2D eigenvalue weighted by molar-refractivity contribution is 0.157. The summed E-state index contributed by atoms with van der Waals surface area (Å²) in [4.78, 5) is 2.22. The molecule has 0 bridgehead atoms. The molecule has 2 rings (SSSR count). The molecule has 0 spiro atoms. The fraction of sp³-hybridized carbons (Fsp3) is 0.538. The number of alkyl halides is 1. The highest BCUT2D eigenvalue weighted by Crippen LogP contribution is 2.37. The van der Waals surface area contributed by atoms with Gasteiger partial charge in [0, 0.05) is 32.2 Å². The Labute approximate surface area is 134 Å². The molecular weight excluding hydrogens is 326 g/mol. The van der Waals surface area contributed by atoms with Crippen LogP contribution in [0.25, 0.3) is 0 Å². The van der Waals surface area contributed by atoms with Gasteiger partial charge >= 0.3 is 0 Å². The zero-order valence-corrected chi connectivity index (χ0v) is 13.2. The van der Waals surface area contributed by atoms with Crippen LogP contribution in [-0.4, -0.2) is 42.9 Å². The van der Waals surface area contributed by atoms with Crippen LogP contribution in [0.4, 0.5) is 4.39 Å². The minimum atomic E-state index is -0.398. The van der Waals surface area contributed by atoms with Crippen molar-refractivity contribution in [1.82, 2.24) is 10.2 Å². The second-order valence-electron chi connectivity index (χ2n) is 4.61. The molecule has 3 nitrogen and oxygen atoms in total. The Hall–Kier alpha value is -0.260. The molecule has 114 valence electrons. The Kier molecular flexibility index (Phi) is 7.34. The highest BCUT2D eigenvalue weighted by molar-refractivity contribution is 6.37. The van der Waals surface area contributed by atoms with Gasteiger partial charge in [0.25, 0.3) is 0 Å². The summed E-state index contributed by atoms with van der Waals surface area (Å²) in [7, 11) is 0. The molecular formula is C13H18Cl3FN2O. The predicted octanol–water partition coefficient (Wildman–Crippen LogP) is 3.43. The standard InChI is InChI=1S/C13H17Cl2FN2O.ClH/c14-10-7-9(8-11(15)13(10)19)12(1-2-16)18-5-3-17-4-6-18;/h7-8,12,17,19H,1-6H2;1H/t12-;/m1./s1. The molecule has 1 aromatic rings. The molecule has 1 fully saturated rings. The van der Waals surface area contributed by atoms with Crippen molar-refractivity contribution >= 4 is 35.6 Å². The van der Waals surface area contributed by atoms with Crippen molar-refractivity contribution in [3.05, 3.63) is 27.7 Å². The van der Waals surface area contributed by atoms with Crippen LogP contribution in [0.15, 0.2) is 12.1 Å². The van der Waals surface area contributed by atoms with Crippen molar-refractivity contribution in [2.75, 3.05) is 32.9 Å². The highest BCUT2D eigenvalue weighted by atomic mass is 35.5. The molecule has 0 aromatic heterocycles. The molecule has 1 aliphatic heterocycles. The molecule has 1 saturated heterocycles. The smallest absolute Gasteiger partial charge is 0.152 e. The SMILES string of the molecule is Cl.Oc1c(Cl)cc([C@@H](CCF)N2CCNCC2)cc1Cl. The Balaban J connectivity index is 0.00000200. The Morgan fingerprint density at radius 1 is 1.25 bits per heavy atom. The number of nitrogens with zero attached hydrogens (tertiary/aromatic N) is 1. The lowest BCUT2D eigenvalue weighted by Gasteiger charge is -2.35. The first kappa shape index (κ1) is 17.8. The molecule has 2 N–H and O–H groups in total. The zero-order valence-electron chi connectivity index (χ0n) is 10.9. The maximum atomic E-state index is 12.8. The van der Waals surface area contributed by atoms with Gasteiger partial charge in [-0.25, -0.2) is 0 Å². The number of nitrogens with one attached hydrogen (secondary N) is 1. The molecule has 1 atom stereocenters. The van der Waals surface area contributed by atoms with Crippen LogP contribution < -0.4 is 5.32 Å². The van der Waals surface area contributed by atoms with Crippen LogP contribution in [0.5, 0.6) is 5.75 Å². The number of piperazine rings is 1. The van der Waals surface area contributed by atoms with Crippen LogP contribution in [0.2, 0.25) is 10.0 Å². The third kappa shape index (κ3) is 4.12. The lowest BCUT2D eigenvalue weighted by atomic mass is 10.0. The van der Waals surface area contributed by atoms with Crippen LogP contribution in [-0.2, 0) is 0 Å². The Bertz CT molecular complexity index is 419. The normalized spacial score (nSPS) is 17.6. The van der Waals surface area contributed by atoms with Gasteiger partial charge in [-0.05, 0) is 24.1 Å². The maximum absolute atomic E-state index is 12.8. The van der Waals surface area contributed by atoms with Gasteiger partial charge in [-0.3, -0.25) is 9.29 Å². The monoisotopic (exact) mass is 342 g/mol. The summed E-state index contributed by atoms with van der Waals surface area (Å²) in [6.07, 6.45) is 0.400. The number of halogens is 4. The van der Waals surface area contributed by atoms with E-state index in [0.717, 1.165) is 31.7 Å². The molecule has 1 aliphatic rings. The highest BCUT2D eigenvalue weighted by Gasteiger charge is 2.23. The van der Waals surface area contributed by atoms with Crippen LogP contribution >= 0.6 is 35.6 Å². The van der Waals surface area contributed by atoms with Gasteiger partial charge in [0.15, 0.2) is 5.75 Å². The Morgan fingerprint density at radius 2 is 1.80 bits per heavy atom. The maximum Gasteiger partial charge on any atom is 0.152 e. The largest absolute Gasteiger partial charge is 0.505 e. The van der Waals surface area contributed by atoms with Crippen molar-refractivity contribution in [3.8, 4) is 5.75 Å². The second-order valence-corrected chi connectivity index (χ2v) is 5.43. The average Bonchev–Trinajstić information content (AvgIpc) is 2.42. The van der Waals surface area contributed by atoms with Crippen molar-refractivity contribution in [2.24, 2.45) is 0 Å². The molecule has 1 aromatic carbocycles. The summed E-state index contributed by atoms with van der Waals surface area (Å²) < 4.78 is 12.8. The number of phenolic OH excluding ortho intramolecular Hbond substituents is 1. The molecule has 0 aliphatic carbocycles. The fourth-order valence-corrected chi connectivity index (χ4v) is 2.94. The van der Waals surface area contributed by atoms with Crippen LogP contribution in [0.3, 0.4) is 0 Å². The van der Waals surface area contributed by atoms with E-state index < -0.39 is 6.67 Å². The molecule has 0 saturated carbocycles. The van der Waals surface area contributed by atoms with Gasteiger partial charge in [0.1, 0.15) is 0 Å². The lowest BCUT2D eigenvalue weighted by Crippen LogP contribution is -2.45. The summed E-state index contributed by atoms with van der Waals surface area (Å²) in [6.45, 7) is 3.11. The van der Waals surface area contributed by atoms with E-state index in [4.69, 9.17) is 23.2 Å². The topological polar surface area (TPSA) is 35.5 Å². The number of aromatic hydroxyl groups is 1. The molecule has 20 heavy (non-hydrogen) atoms. The fourth-order valence-electron chi connectivity index (χ4n) is 2.43. The van der Waals surface area contributed by atoms with Gasteiger partial charge < -0.3 is 10.4 Å². The Morgan fingerprint density at radius 3 is 2.30 bits per heavy atom. The van der Waals surface area contributed by atoms with Crippen molar-refractivity contribution in [2.45, 2.75) is 12.5 Å². The van der Waals surface area contributed by atoms with Crippen molar-refractivity contribution in [1.29, 1.82) is 0 Å². The summed E-state index contributed by atoms with van der Waals surface area (Å²) in [5.41, 5.74) is 0.854. The van der Waals surface area contributed by atoms with E-state index in [9.17, 15) is 9.50 Å². The number of benzene rings is 1. The predicted molar refractivity (Wildman–Crippen MR) is 83.2 cm³/mol. The molecule has 0 unspecified atom stereocenters.